The van der Waals surface area contributed by atoms with Gasteiger partial charge in [0.05, 0.1) is 23.2 Å². The van der Waals surface area contributed by atoms with Crippen LogP contribution in [0.1, 0.15) is 46.9 Å². The smallest absolute Gasteiger partial charge is 0.274 e. The Hall–Kier alpha value is -2.68. The molecule has 0 unspecified atom stereocenters. The molecule has 2 amide bonds. The number of piperidine rings is 1. The van der Waals surface area contributed by atoms with Gasteiger partial charge >= 0.3 is 0 Å². The second-order valence-electron chi connectivity index (χ2n) is 8.68. The molecule has 0 saturated carbocycles. The Morgan fingerprint density at radius 1 is 1.06 bits per heavy atom. The number of carbonyl (C=O) groups is 2. The minimum Gasteiger partial charge on any atom is -0.369 e. The molecular formula is C22H28N4O4S. The van der Waals surface area contributed by atoms with Gasteiger partial charge in [-0.3, -0.25) is 14.3 Å². The van der Waals surface area contributed by atoms with E-state index in [0.717, 1.165) is 22.4 Å². The van der Waals surface area contributed by atoms with E-state index in [1.807, 2.05) is 32.0 Å². The van der Waals surface area contributed by atoms with Gasteiger partial charge in [0.1, 0.15) is 0 Å². The van der Waals surface area contributed by atoms with Crippen molar-refractivity contribution in [2.24, 2.45) is 11.7 Å². The fraction of sp³-hybridized carbons (Fsp3) is 0.500. The molecule has 31 heavy (non-hydrogen) atoms. The van der Waals surface area contributed by atoms with Crippen LogP contribution in [0.15, 0.2) is 24.3 Å². The average molecular weight is 445 g/mol. The number of likely N-dealkylation sites (tertiary alicyclic amines) is 1. The van der Waals surface area contributed by atoms with Crippen molar-refractivity contribution < 1.29 is 18.0 Å². The number of amides is 2. The van der Waals surface area contributed by atoms with Crippen molar-refractivity contribution in [1.29, 1.82) is 0 Å². The molecular weight excluding hydrogens is 416 g/mol. The van der Waals surface area contributed by atoms with Crippen LogP contribution in [-0.4, -0.2) is 59.5 Å². The Kier molecular flexibility index (Phi) is 5.63. The van der Waals surface area contributed by atoms with E-state index >= 15 is 0 Å². The molecule has 1 aromatic carbocycles. The van der Waals surface area contributed by atoms with Crippen molar-refractivity contribution >= 4 is 21.7 Å². The number of nitrogens with two attached hydrogens (primary N) is 1. The van der Waals surface area contributed by atoms with Crippen molar-refractivity contribution in [3.8, 4) is 11.3 Å². The fourth-order valence-corrected chi connectivity index (χ4v) is 6.08. The predicted octanol–water partition coefficient (Wildman–Crippen LogP) is 1.86. The number of carbonyl (C=O) groups excluding carboxylic acids is 2. The molecule has 166 valence electrons. The molecule has 2 aromatic rings. The first kappa shape index (κ1) is 21.5. The quantitative estimate of drug-likeness (QED) is 0.773. The molecule has 0 bridgehead atoms. The molecule has 3 heterocycles. The molecule has 2 saturated heterocycles. The average Bonchev–Trinajstić information content (AvgIpc) is 3.33. The maximum atomic E-state index is 13.2. The number of aromatic nitrogens is 2. The summed E-state index contributed by atoms with van der Waals surface area (Å²) < 4.78 is 25.9. The van der Waals surface area contributed by atoms with E-state index in [2.05, 4.69) is 5.10 Å². The Labute approximate surface area is 182 Å². The Morgan fingerprint density at radius 3 is 2.35 bits per heavy atom. The monoisotopic (exact) mass is 444 g/mol. The van der Waals surface area contributed by atoms with E-state index in [0.29, 0.717) is 38.0 Å². The van der Waals surface area contributed by atoms with Crippen LogP contribution in [0, 0.1) is 19.8 Å². The van der Waals surface area contributed by atoms with Crippen molar-refractivity contribution in [1.82, 2.24) is 14.7 Å². The van der Waals surface area contributed by atoms with Gasteiger partial charge in [0.2, 0.25) is 5.91 Å². The van der Waals surface area contributed by atoms with E-state index < -0.39 is 9.84 Å². The fourth-order valence-electron chi connectivity index (χ4n) is 4.39. The van der Waals surface area contributed by atoms with Crippen LogP contribution in [-0.2, 0) is 14.6 Å². The number of hydrogen-bond acceptors (Lipinski definition) is 5. The minimum absolute atomic E-state index is 0.0319. The summed E-state index contributed by atoms with van der Waals surface area (Å²) in [5.74, 6) is -0.558. The summed E-state index contributed by atoms with van der Waals surface area (Å²) in [6.07, 6.45) is 1.58. The molecule has 1 atom stereocenters. The van der Waals surface area contributed by atoms with Crippen molar-refractivity contribution in [2.75, 3.05) is 24.6 Å². The number of hydrogen-bond donors (Lipinski definition) is 1. The van der Waals surface area contributed by atoms with E-state index in [4.69, 9.17) is 5.73 Å². The lowest BCUT2D eigenvalue weighted by Crippen LogP contribution is -2.41. The van der Waals surface area contributed by atoms with Gasteiger partial charge in [-0.05, 0) is 56.4 Å². The summed E-state index contributed by atoms with van der Waals surface area (Å²) in [5, 5.41) is 4.58. The number of rotatable bonds is 4. The highest BCUT2D eigenvalue weighted by atomic mass is 32.2. The highest BCUT2D eigenvalue weighted by molar-refractivity contribution is 7.91. The van der Waals surface area contributed by atoms with Crippen LogP contribution < -0.4 is 5.73 Å². The Morgan fingerprint density at radius 2 is 1.77 bits per heavy atom. The van der Waals surface area contributed by atoms with Crippen LogP contribution in [0.2, 0.25) is 0 Å². The lowest BCUT2D eigenvalue weighted by Gasteiger charge is -2.30. The van der Waals surface area contributed by atoms with Crippen LogP contribution >= 0.6 is 0 Å². The number of aryl methyl sites for hydroxylation is 2. The first-order chi connectivity index (χ1) is 14.6. The summed E-state index contributed by atoms with van der Waals surface area (Å²) in [6.45, 7) is 4.96. The van der Waals surface area contributed by atoms with Crippen molar-refractivity contribution in [3.05, 3.63) is 41.1 Å². The molecule has 0 spiro atoms. The Balaban J connectivity index is 1.67. The minimum atomic E-state index is -3.10. The van der Waals surface area contributed by atoms with Gasteiger partial charge in [-0.2, -0.15) is 5.10 Å². The standard InChI is InChI=1S/C22H28N4O4S/c1-14-3-4-17(11-15(14)2)20-12-19(24-26(20)18-7-10-31(29,30)13-18)22(28)25-8-5-16(6-9-25)21(23)27/h3-4,11-12,16,18H,5-10,13H2,1-2H3,(H2,23,27)/t18-/m1/s1. The maximum absolute atomic E-state index is 13.2. The van der Waals surface area contributed by atoms with Crippen molar-refractivity contribution in [3.63, 3.8) is 0 Å². The summed E-state index contributed by atoms with van der Waals surface area (Å²) in [5.41, 5.74) is 9.63. The van der Waals surface area contributed by atoms with E-state index in [-0.39, 0.29) is 35.3 Å². The SMILES string of the molecule is Cc1ccc(-c2cc(C(=O)N3CCC(C(N)=O)CC3)nn2[C@@H]2CCS(=O)(=O)C2)cc1C. The molecule has 0 radical (unpaired) electrons. The van der Waals surface area contributed by atoms with E-state index in [1.54, 1.807) is 15.6 Å². The number of benzene rings is 1. The first-order valence-electron chi connectivity index (χ1n) is 10.6. The lowest BCUT2D eigenvalue weighted by atomic mass is 9.96. The second-order valence-corrected chi connectivity index (χ2v) is 10.9. The van der Waals surface area contributed by atoms with Crippen LogP contribution in [0.25, 0.3) is 11.3 Å². The van der Waals surface area contributed by atoms with Crippen LogP contribution in [0.5, 0.6) is 0 Å². The third-order valence-electron chi connectivity index (χ3n) is 6.50. The van der Waals surface area contributed by atoms with E-state index in [1.165, 1.54) is 0 Å². The lowest BCUT2D eigenvalue weighted by molar-refractivity contribution is -0.123. The number of sulfone groups is 1. The number of primary amides is 1. The molecule has 9 heteroatoms. The predicted molar refractivity (Wildman–Crippen MR) is 117 cm³/mol. The zero-order valence-corrected chi connectivity index (χ0v) is 18.7. The summed E-state index contributed by atoms with van der Waals surface area (Å²) >= 11 is 0. The van der Waals surface area contributed by atoms with Crippen LogP contribution in [0.3, 0.4) is 0 Å². The van der Waals surface area contributed by atoms with Gasteiger partial charge in [0.15, 0.2) is 15.5 Å². The second kappa shape index (κ2) is 8.11. The van der Waals surface area contributed by atoms with Crippen LogP contribution in [0.4, 0.5) is 0 Å². The van der Waals surface area contributed by atoms with Gasteiger partial charge in [-0.25, -0.2) is 8.42 Å². The molecule has 2 N–H and O–H groups in total. The largest absolute Gasteiger partial charge is 0.369 e. The third kappa shape index (κ3) is 4.37. The molecule has 0 aliphatic carbocycles. The molecule has 2 aliphatic heterocycles. The zero-order valence-electron chi connectivity index (χ0n) is 17.9. The molecule has 4 rings (SSSR count). The highest BCUT2D eigenvalue weighted by Crippen LogP contribution is 2.31. The zero-order chi connectivity index (χ0) is 22.3. The van der Waals surface area contributed by atoms with Gasteiger partial charge < -0.3 is 10.6 Å². The van der Waals surface area contributed by atoms with Gasteiger partial charge in [0, 0.05) is 24.6 Å². The molecule has 1 aromatic heterocycles. The summed E-state index contributed by atoms with van der Waals surface area (Å²) in [7, 11) is -3.10. The summed E-state index contributed by atoms with van der Waals surface area (Å²) in [4.78, 5) is 26.3. The highest BCUT2D eigenvalue weighted by Gasteiger charge is 2.33. The van der Waals surface area contributed by atoms with Gasteiger partial charge in [-0.1, -0.05) is 12.1 Å². The normalized spacial score (nSPS) is 21.4. The molecule has 2 fully saturated rings. The van der Waals surface area contributed by atoms with E-state index in [9.17, 15) is 18.0 Å². The number of nitrogens with zero attached hydrogens (tertiary/aromatic N) is 3. The summed E-state index contributed by atoms with van der Waals surface area (Å²) in [6, 6.07) is 7.51. The van der Waals surface area contributed by atoms with Crippen molar-refractivity contribution in [2.45, 2.75) is 39.2 Å². The maximum Gasteiger partial charge on any atom is 0.274 e. The van der Waals surface area contributed by atoms with Gasteiger partial charge in [0.25, 0.3) is 5.91 Å². The topological polar surface area (TPSA) is 115 Å². The first-order valence-corrected chi connectivity index (χ1v) is 12.4. The van der Waals surface area contributed by atoms with Gasteiger partial charge in [-0.15, -0.1) is 0 Å². The molecule has 8 nitrogen and oxygen atoms in total. The molecule has 2 aliphatic rings. The third-order valence-corrected chi connectivity index (χ3v) is 8.25. The Bertz CT molecular complexity index is 1130.